The highest BCUT2D eigenvalue weighted by atomic mass is 19.4. The number of amides is 2. The average Bonchev–Trinajstić information content (AvgIpc) is 3.43. The predicted molar refractivity (Wildman–Crippen MR) is 124 cm³/mol. The molecule has 0 spiro atoms. The molecule has 3 N–H and O–H groups in total. The molecule has 1 aliphatic carbocycles. The van der Waals surface area contributed by atoms with Crippen LogP contribution in [0.3, 0.4) is 0 Å². The number of H-pyrrole nitrogens is 1. The van der Waals surface area contributed by atoms with E-state index in [1.165, 1.54) is 0 Å². The third kappa shape index (κ3) is 6.63. The third-order valence-electron chi connectivity index (χ3n) is 6.13. The second-order valence-electron chi connectivity index (χ2n) is 8.97. The van der Waals surface area contributed by atoms with Gasteiger partial charge in [0, 0.05) is 32.7 Å². The summed E-state index contributed by atoms with van der Waals surface area (Å²) in [5.74, 6) is -0.601. The molecule has 2 amide bonds. The van der Waals surface area contributed by atoms with Crippen molar-refractivity contribution in [1.82, 2.24) is 35.8 Å². The van der Waals surface area contributed by atoms with Crippen LogP contribution in [0, 0.1) is 0 Å². The number of rotatable bonds is 13. The summed E-state index contributed by atoms with van der Waals surface area (Å²) in [5.41, 5.74) is 2.13. The summed E-state index contributed by atoms with van der Waals surface area (Å²) in [6, 6.07) is 3.96. The van der Waals surface area contributed by atoms with Crippen LogP contribution in [0.1, 0.15) is 58.8 Å². The van der Waals surface area contributed by atoms with E-state index in [0.29, 0.717) is 36.4 Å². The van der Waals surface area contributed by atoms with Gasteiger partial charge in [-0.15, -0.1) is 0 Å². The molecule has 37 heavy (non-hydrogen) atoms. The Morgan fingerprint density at radius 1 is 1.35 bits per heavy atom. The van der Waals surface area contributed by atoms with E-state index in [9.17, 15) is 22.8 Å². The Bertz CT molecular complexity index is 1220. The lowest BCUT2D eigenvalue weighted by Gasteiger charge is -2.26. The third-order valence-corrected chi connectivity index (χ3v) is 6.13. The van der Waals surface area contributed by atoms with E-state index >= 15 is 0 Å². The molecule has 0 aliphatic heterocycles. The molecule has 2 heterocycles. The molecule has 1 saturated carbocycles. The van der Waals surface area contributed by atoms with Gasteiger partial charge in [-0.25, -0.2) is 9.61 Å². The molecule has 3 aromatic rings. The van der Waals surface area contributed by atoms with Crippen LogP contribution in [-0.2, 0) is 16.1 Å². The van der Waals surface area contributed by atoms with Crippen molar-refractivity contribution in [1.29, 1.82) is 0 Å². The smallest absolute Gasteiger partial charge is 0.378 e. The van der Waals surface area contributed by atoms with Crippen LogP contribution in [-0.4, -0.2) is 77.0 Å². The van der Waals surface area contributed by atoms with E-state index < -0.39 is 30.7 Å². The van der Waals surface area contributed by atoms with Crippen LogP contribution in [0.25, 0.3) is 11.0 Å². The van der Waals surface area contributed by atoms with Crippen molar-refractivity contribution in [3.63, 3.8) is 0 Å². The molecule has 0 radical (unpaired) electrons. The number of methoxy groups -OCH3 is 1. The van der Waals surface area contributed by atoms with E-state index in [4.69, 9.17) is 9.37 Å². The average molecular weight is 524 g/mol. The fourth-order valence-electron chi connectivity index (χ4n) is 4.07. The highest BCUT2D eigenvalue weighted by Crippen LogP contribution is 2.40. The zero-order valence-electron chi connectivity index (χ0n) is 20.3. The zero-order valence-corrected chi connectivity index (χ0v) is 20.3. The Morgan fingerprint density at radius 3 is 2.78 bits per heavy atom. The molecule has 200 valence electrons. The highest BCUT2D eigenvalue weighted by molar-refractivity contribution is 5.93. The van der Waals surface area contributed by atoms with Gasteiger partial charge >= 0.3 is 6.18 Å². The first-order chi connectivity index (χ1) is 17.7. The number of carbonyl (C=O) groups excluding carboxylic acids is 2. The lowest BCUT2D eigenvalue weighted by molar-refractivity contribution is -0.161. The molecule has 14 heteroatoms. The standard InChI is InChI=1S/C23H28F3N7O4/c1-27-7-8-33(12-34)11-13-3-6-15-16(9-13)29-21(28-15)19(17(36-2)10-23(24,25)26)30-22(35)20-18(14-4-5-14)31-37-32-20/h3,6,9,12,14,17,19,27H,4-5,7-8,10-11H2,1-2H3,(H,28,29)(H,30,35). The number of imidazole rings is 1. The lowest BCUT2D eigenvalue weighted by atomic mass is 10.1. The van der Waals surface area contributed by atoms with E-state index in [1.807, 2.05) is 0 Å². The van der Waals surface area contributed by atoms with E-state index in [2.05, 4.69) is 30.9 Å². The van der Waals surface area contributed by atoms with Crippen molar-refractivity contribution in [2.45, 2.75) is 50.0 Å². The minimum absolute atomic E-state index is 0.0440. The monoisotopic (exact) mass is 523 g/mol. The molecule has 1 aliphatic rings. The van der Waals surface area contributed by atoms with Crippen LogP contribution in [0.15, 0.2) is 22.8 Å². The number of ether oxygens (including phenoxy) is 1. The highest BCUT2D eigenvalue weighted by Gasteiger charge is 2.40. The second kappa shape index (κ2) is 11.3. The number of hydrogen-bond donors (Lipinski definition) is 3. The maximum atomic E-state index is 13.4. The summed E-state index contributed by atoms with van der Waals surface area (Å²) in [7, 11) is 2.93. The largest absolute Gasteiger partial charge is 0.391 e. The SMILES string of the molecule is CNCCN(C=O)Cc1ccc2nc(C(NC(=O)c3nonc3C3CC3)C(CC(F)(F)F)OC)[nH]c2c1. The molecule has 11 nitrogen and oxygen atoms in total. The van der Waals surface area contributed by atoms with E-state index in [-0.39, 0.29) is 17.4 Å². The van der Waals surface area contributed by atoms with Gasteiger partial charge in [-0.3, -0.25) is 9.59 Å². The Morgan fingerprint density at radius 2 is 2.14 bits per heavy atom. The molecule has 2 unspecified atom stereocenters. The second-order valence-corrected chi connectivity index (χ2v) is 8.97. The van der Waals surface area contributed by atoms with Gasteiger partial charge < -0.3 is 25.3 Å². The van der Waals surface area contributed by atoms with Crippen LogP contribution in [0.5, 0.6) is 0 Å². The van der Waals surface area contributed by atoms with Crippen LogP contribution < -0.4 is 10.6 Å². The molecule has 1 fully saturated rings. The Kier molecular flexibility index (Phi) is 8.07. The van der Waals surface area contributed by atoms with Crippen molar-refractivity contribution >= 4 is 23.4 Å². The fourth-order valence-corrected chi connectivity index (χ4v) is 4.07. The summed E-state index contributed by atoms with van der Waals surface area (Å²) in [4.78, 5) is 33.5. The number of alkyl halides is 3. The summed E-state index contributed by atoms with van der Waals surface area (Å²) in [6.45, 7) is 1.47. The fraction of sp³-hybridized carbons (Fsp3) is 0.522. The quantitative estimate of drug-likeness (QED) is 0.291. The number of nitrogens with one attached hydrogen (secondary N) is 3. The van der Waals surface area contributed by atoms with Gasteiger partial charge in [0.25, 0.3) is 5.91 Å². The van der Waals surface area contributed by atoms with Crippen LogP contribution in [0.4, 0.5) is 13.2 Å². The predicted octanol–water partition coefficient (Wildman–Crippen LogP) is 2.44. The number of fused-ring (bicyclic) bond motifs is 1. The van der Waals surface area contributed by atoms with Gasteiger partial charge in [0.1, 0.15) is 17.6 Å². The van der Waals surface area contributed by atoms with Crippen LogP contribution in [0.2, 0.25) is 0 Å². The van der Waals surface area contributed by atoms with Crippen molar-refractivity contribution in [3.8, 4) is 0 Å². The maximum Gasteiger partial charge on any atom is 0.391 e. The number of nitrogens with zero attached hydrogens (tertiary/aromatic N) is 4. The van der Waals surface area contributed by atoms with Crippen molar-refractivity contribution in [2.75, 3.05) is 27.2 Å². The first kappa shape index (κ1) is 26.5. The number of aromatic amines is 1. The number of carbonyl (C=O) groups is 2. The number of likely N-dealkylation sites (N-methyl/N-ethyl adjacent to an activating group) is 1. The topological polar surface area (TPSA) is 138 Å². The normalized spacial score (nSPS) is 15.5. The van der Waals surface area contributed by atoms with Crippen molar-refractivity contribution < 1.29 is 32.1 Å². The van der Waals surface area contributed by atoms with Crippen molar-refractivity contribution in [2.24, 2.45) is 0 Å². The summed E-state index contributed by atoms with van der Waals surface area (Å²) < 4.78 is 50.0. The number of benzene rings is 1. The van der Waals surface area contributed by atoms with Crippen LogP contribution >= 0.6 is 0 Å². The van der Waals surface area contributed by atoms with Gasteiger partial charge in [0.15, 0.2) is 5.69 Å². The number of halogens is 3. The number of hydrogen-bond acceptors (Lipinski definition) is 8. The van der Waals surface area contributed by atoms with E-state index in [1.54, 1.807) is 30.1 Å². The molecule has 2 atom stereocenters. The Hall–Kier alpha value is -3.52. The Balaban J connectivity index is 1.62. The summed E-state index contributed by atoms with van der Waals surface area (Å²) in [6.07, 6.45) is -4.93. The van der Waals surface area contributed by atoms with E-state index in [0.717, 1.165) is 31.9 Å². The van der Waals surface area contributed by atoms with Gasteiger partial charge in [-0.1, -0.05) is 11.2 Å². The number of aromatic nitrogens is 4. The summed E-state index contributed by atoms with van der Waals surface area (Å²) >= 11 is 0. The molecule has 1 aromatic carbocycles. The van der Waals surface area contributed by atoms with Gasteiger partial charge in [0.05, 0.1) is 23.6 Å². The molecular weight excluding hydrogens is 495 g/mol. The Labute approximate surface area is 210 Å². The lowest BCUT2D eigenvalue weighted by Crippen LogP contribution is -2.40. The molecule has 0 saturated heterocycles. The van der Waals surface area contributed by atoms with Gasteiger partial charge in [-0.05, 0) is 42.7 Å². The maximum absolute atomic E-state index is 13.4. The molecular formula is C23H28F3N7O4. The molecule has 0 bridgehead atoms. The zero-order chi connectivity index (χ0) is 26.6. The minimum atomic E-state index is -4.55. The van der Waals surface area contributed by atoms with Gasteiger partial charge in [-0.2, -0.15) is 13.2 Å². The molecule has 2 aromatic heterocycles. The van der Waals surface area contributed by atoms with Crippen molar-refractivity contribution in [3.05, 3.63) is 41.0 Å². The first-order valence-corrected chi connectivity index (χ1v) is 11.8. The van der Waals surface area contributed by atoms with Gasteiger partial charge in [0.2, 0.25) is 6.41 Å². The summed E-state index contributed by atoms with van der Waals surface area (Å²) in [5, 5.41) is 13.0. The first-order valence-electron chi connectivity index (χ1n) is 11.8. The molecule has 4 rings (SSSR count). The minimum Gasteiger partial charge on any atom is -0.378 e.